The predicted octanol–water partition coefficient (Wildman–Crippen LogP) is 10.5. The number of nitrogens with zero attached hydrogens (tertiary/aromatic N) is 3. The molecule has 0 unspecified atom stereocenters. The molecule has 0 atom stereocenters. The van der Waals surface area contributed by atoms with Crippen LogP contribution in [-0.4, -0.2) is 15.0 Å². The van der Waals surface area contributed by atoms with Crippen LogP contribution in [0.25, 0.3) is 77.1 Å². The molecule has 3 nitrogen and oxygen atoms in total. The summed E-state index contributed by atoms with van der Waals surface area (Å²) in [6.45, 7) is 0. The van der Waals surface area contributed by atoms with E-state index in [4.69, 9.17) is 15.0 Å². The van der Waals surface area contributed by atoms with E-state index < -0.39 is 5.41 Å². The van der Waals surface area contributed by atoms with Crippen LogP contribution in [0.2, 0.25) is 0 Å². The van der Waals surface area contributed by atoms with Crippen LogP contribution in [0.4, 0.5) is 0 Å². The minimum Gasteiger partial charge on any atom is -0.254 e. The van der Waals surface area contributed by atoms with Gasteiger partial charge in [-0.2, -0.15) is 0 Å². The van der Waals surface area contributed by atoms with E-state index in [1.165, 1.54) is 44.5 Å². The second-order valence-electron chi connectivity index (χ2n) is 12.7. The highest BCUT2D eigenvalue weighted by molar-refractivity contribution is 6.15. The molecule has 0 bridgehead atoms. The van der Waals surface area contributed by atoms with E-state index in [9.17, 15) is 0 Å². The Balaban J connectivity index is 1.26. The molecule has 0 aliphatic heterocycles. The summed E-state index contributed by atoms with van der Waals surface area (Å²) in [6.07, 6.45) is 1.85. The van der Waals surface area contributed by atoms with Crippen molar-refractivity contribution in [1.82, 2.24) is 15.0 Å². The fraction of sp³-hybridized carbons (Fsp3) is 0.0227. The van der Waals surface area contributed by atoms with E-state index in [1.807, 2.05) is 12.3 Å². The first-order valence-electron chi connectivity index (χ1n) is 16.1. The molecule has 3 heterocycles. The van der Waals surface area contributed by atoms with Gasteiger partial charge in [-0.3, -0.25) is 4.98 Å². The highest BCUT2D eigenvalue weighted by Crippen LogP contribution is 2.63. The maximum atomic E-state index is 5.40. The summed E-state index contributed by atoms with van der Waals surface area (Å²) in [6, 6.07) is 52.8. The minimum absolute atomic E-state index is 0.415. The summed E-state index contributed by atoms with van der Waals surface area (Å²) >= 11 is 0. The summed E-state index contributed by atoms with van der Waals surface area (Å²) in [5, 5.41) is 4.36. The molecule has 1 spiro atoms. The number of para-hydroxylation sites is 1. The maximum absolute atomic E-state index is 5.40. The highest BCUT2D eigenvalue weighted by atomic mass is 14.8. The second-order valence-corrected chi connectivity index (χ2v) is 12.7. The molecule has 9 aromatic rings. The van der Waals surface area contributed by atoms with Crippen LogP contribution in [-0.2, 0) is 5.41 Å². The van der Waals surface area contributed by atoms with E-state index in [0.29, 0.717) is 0 Å². The molecule has 47 heavy (non-hydrogen) atoms. The first-order chi connectivity index (χ1) is 23.3. The van der Waals surface area contributed by atoms with Gasteiger partial charge in [0, 0.05) is 33.3 Å². The zero-order valence-electron chi connectivity index (χ0n) is 25.3. The molecule has 216 valence electrons. The van der Waals surface area contributed by atoms with E-state index in [-0.39, 0.29) is 0 Å². The van der Waals surface area contributed by atoms with Gasteiger partial charge in [0.15, 0.2) is 0 Å². The fourth-order valence-corrected chi connectivity index (χ4v) is 8.58. The van der Waals surface area contributed by atoms with Gasteiger partial charge in [-0.1, -0.05) is 121 Å². The summed E-state index contributed by atoms with van der Waals surface area (Å²) in [5.74, 6) is 0. The zero-order valence-corrected chi connectivity index (χ0v) is 25.3. The van der Waals surface area contributed by atoms with Gasteiger partial charge in [0.2, 0.25) is 0 Å². The smallest absolute Gasteiger partial charge is 0.0980 e. The van der Waals surface area contributed by atoms with Crippen LogP contribution < -0.4 is 0 Å². The molecule has 0 amide bonds. The fourth-order valence-electron chi connectivity index (χ4n) is 8.58. The van der Waals surface area contributed by atoms with Crippen molar-refractivity contribution in [3.05, 3.63) is 174 Å². The molecule has 3 heteroatoms. The van der Waals surface area contributed by atoms with Crippen molar-refractivity contribution in [1.29, 1.82) is 0 Å². The van der Waals surface area contributed by atoms with Gasteiger partial charge in [-0.15, -0.1) is 0 Å². The lowest BCUT2D eigenvalue weighted by Gasteiger charge is -2.30. The van der Waals surface area contributed by atoms with Crippen LogP contribution >= 0.6 is 0 Å². The molecule has 2 aliphatic carbocycles. The van der Waals surface area contributed by atoms with Crippen molar-refractivity contribution in [3.63, 3.8) is 0 Å². The summed E-state index contributed by atoms with van der Waals surface area (Å²) in [4.78, 5) is 15.5. The van der Waals surface area contributed by atoms with Crippen LogP contribution in [0.15, 0.2) is 152 Å². The number of fused-ring (bicyclic) bond motifs is 16. The van der Waals surface area contributed by atoms with Crippen molar-refractivity contribution in [3.8, 4) is 33.5 Å². The molecular formula is C44H25N3. The quantitative estimate of drug-likeness (QED) is 0.140. The third-order valence-electron chi connectivity index (χ3n) is 10.5. The number of pyridine rings is 3. The first kappa shape index (κ1) is 25.1. The molecule has 0 radical (unpaired) electrons. The third-order valence-corrected chi connectivity index (χ3v) is 10.5. The molecule has 0 saturated carbocycles. The topological polar surface area (TPSA) is 38.7 Å². The van der Waals surface area contributed by atoms with Gasteiger partial charge < -0.3 is 0 Å². The highest BCUT2D eigenvalue weighted by Gasteiger charge is 2.51. The largest absolute Gasteiger partial charge is 0.254 e. The Hall–Kier alpha value is -6.19. The van der Waals surface area contributed by atoms with Gasteiger partial charge in [0.1, 0.15) is 0 Å². The maximum Gasteiger partial charge on any atom is 0.0980 e. The lowest BCUT2D eigenvalue weighted by atomic mass is 9.70. The molecule has 0 saturated heterocycles. The number of hydrogen-bond donors (Lipinski definition) is 0. The zero-order chi connectivity index (χ0) is 30.7. The Bertz CT molecular complexity index is 2750. The first-order valence-corrected chi connectivity index (χ1v) is 16.1. The van der Waals surface area contributed by atoms with Crippen molar-refractivity contribution in [2.75, 3.05) is 0 Å². The Morgan fingerprint density at radius 3 is 1.79 bits per heavy atom. The predicted molar refractivity (Wildman–Crippen MR) is 192 cm³/mol. The van der Waals surface area contributed by atoms with Gasteiger partial charge in [0.05, 0.1) is 33.2 Å². The molecule has 3 aromatic heterocycles. The average Bonchev–Trinajstić information content (AvgIpc) is 3.61. The van der Waals surface area contributed by atoms with Gasteiger partial charge in [0.25, 0.3) is 0 Å². The lowest BCUT2D eigenvalue weighted by Crippen LogP contribution is -2.25. The molecule has 6 aromatic carbocycles. The summed E-state index contributed by atoms with van der Waals surface area (Å²) < 4.78 is 0. The number of aromatic nitrogens is 3. The van der Waals surface area contributed by atoms with E-state index in [2.05, 4.69) is 140 Å². The van der Waals surface area contributed by atoms with Crippen molar-refractivity contribution in [2.24, 2.45) is 0 Å². The molecule has 0 fully saturated rings. The average molecular weight is 596 g/mol. The van der Waals surface area contributed by atoms with Crippen LogP contribution in [0.3, 0.4) is 0 Å². The Kier molecular flexibility index (Phi) is 4.78. The summed E-state index contributed by atoms with van der Waals surface area (Å²) in [5.41, 5.74) is 15.7. The van der Waals surface area contributed by atoms with Crippen molar-refractivity contribution in [2.45, 2.75) is 5.41 Å². The number of hydrogen-bond acceptors (Lipinski definition) is 3. The normalized spacial score (nSPS) is 13.7. The van der Waals surface area contributed by atoms with Crippen molar-refractivity contribution >= 4 is 43.6 Å². The summed E-state index contributed by atoms with van der Waals surface area (Å²) in [7, 11) is 0. The second kappa shape index (κ2) is 8.96. The van der Waals surface area contributed by atoms with Gasteiger partial charge in [-0.05, 0) is 68.8 Å². The molecule has 2 aliphatic rings. The Labute approximate surface area is 270 Å². The SMILES string of the molecule is c1ccc2c(c1)-c1ccccc1C21c2ccccc2-c2ccc(-c3nc4ccccc4c4cc5ccc6cccnc6c5nc34)cc21. The van der Waals surface area contributed by atoms with E-state index in [1.54, 1.807) is 0 Å². The monoisotopic (exact) mass is 595 g/mol. The Morgan fingerprint density at radius 1 is 0.404 bits per heavy atom. The van der Waals surface area contributed by atoms with E-state index in [0.717, 1.165) is 54.9 Å². The van der Waals surface area contributed by atoms with Crippen LogP contribution in [0, 0.1) is 0 Å². The molecule has 11 rings (SSSR count). The minimum atomic E-state index is -0.415. The van der Waals surface area contributed by atoms with E-state index >= 15 is 0 Å². The van der Waals surface area contributed by atoms with Crippen molar-refractivity contribution < 1.29 is 0 Å². The standard InChI is InChI=1S/C44H25N3/c1-5-15-35-29(11-1)30-12-2-6-16-36(30)44(35)37-17-7-3-13-31(37)32-22-21-28(25-38(32)44)42-43-34(33-14-4-8-18-39(33)46-42)24-27-20-19-26-10-9-23-45-40(26)41(27)47-43/h1-25H. The number of benzene rings is 6. The van der Waals surface area contributed by atoms with Crippen LogP contribution in [0.1, 0.15) is 22.3 Å². The van der Waals surface area contributed by atoms with Gasteiger partial charge >= 0.3 is 0 Å². The molecular weight excluding hydrogens is 571 g/mol. The van der Waals surface area contributed by atoms with Gasteiger partial charge in [-0.25, -0.2) is 9.97 Å². The molecule has 0 N–H and O–H groups in total. The third kappa shape index (κ3) is 3.13. The van der Waals surface area contributed by atoms with Crippen LogP contribution in [0.5, 0.6) is 0 Å². The Morgan fingerprint density at radius 2 is 1.04 bits per heavy atom. The lowest BCUT2D eigenvalue weighted by molar-refractivity contribution is 0.794. The number of rotatable bonds is 1.